The van der Waals surface area contributed by atoms with Crippen LogP contribution in [0.2, 0.25) is 0 Å². The molecule has 1 atom stereocenters. The third-order valence-corrected chi connectivity index (χ3v) is 2.72. The smallest absolute Gasteiger partial charge is 0.00433 e. The van der Waals surface area contributed by atoms with Crippen LogP contribution in [-0.4, -0.2) is 4.86 Å². The van der Waals surface area contributed by atoms with Crippen molar-refractivity contribution in [1.82, 2.24) is 0 Å². The molecule has 0 aromatic rings. The summed E-state index contributed by atoms with van der Waals surface area (Å²) in [7, 11) is 0. The van der Waals surface area contributed by atoms with Gasteiger partial charge in [0.2, 0.25) is 0 Å². The van der Waals surface area contributed by atoms with Gasteiger partial charge in [-0.2, -0.15) is 0 Å². The predicted molar refractivity (Wildman–Crippen MR) is 44.8 cm³/mol. The van der Waals surface area contributed by atoms with Crippen LogP contribution in [0.15, 0.2) is 0 Å². The van der Waals surface area contributed by atoms with Gasteiger partial charge in [-0.1, -0.05) is 32.0 Å². The van der Waals surface area contributed by atoms with Crippen molar-refractivity contribution in [2.75, 3.05) is 0 Å². The average Bonchev–Trinajstić information content (AvgIpc) is 1.99. The minimum Gasteiger partial charge on any atom is -0.0894 e. The van der Waals surface area contributed by atoms with Gasteiger partial charge in [0.05, 0.1) is 0 Å². The number of rotatable bonds is 0. The first-order chi connectivity index (χ1) is 4.30. The van der Waals surface area contributed by atoms with Gasteiger partial charge in [0.1, 0.15) is 0 Å². The highest BCUT2D eigenvalue weighted by atomic mass is 32.1. The van der Waals surface area contributed by atoms with Crippen LogP contribution >= 0.6 is 12.2 Å². The molecule has 1 aliphatic rings. The standard InChI is InChI=1S/C8H14S/c1-7-5-3-2-4-6-8(7)9/h7H,2-6H2,1H3. The SMILES string of the molecule is CC1CCCCCC1=S. The molecule has 1 saturated carbocycles. The molecule has 1 rings (SSSR count). The molecule has 0 bridgehead atoms. The van der Waals surface area contributed by atoms with Gasteiger partial charge < -0.3 is 0 Å². The van der Waals surface area contributed by atoms with Gasteiger partial charge in [0.25, 0.3) is 0 Å². The maximum atomic E-state index is 5.22. The van der Waals surface area contributed by atoms with E-state index in [2.05, 4.69) is 6.92 Å². The van der Waals surface area contributed by atoms with E-state index < -0.39 is 0 Å². The van der Waals surface area contributed by atoms with Crippen LogP contribution in [0.5, 0.6) is 0 Å². The van der Waals surface area contributed by atoms with Crippen LogP contribution in [0.1, 0.15) is 39.0 Å². The van der Waals surface area contributed by atoms with E-state index in [9.17, 15) is 0 Å². The first kappa shape index (κ1) is 7.20. The van der Waals surface area contributed by atoms with Crippen molar-refractivity contribution in [3.05, 3.63) is 0 Å². The molecule has 9 heavy (non-hydrogen) atoms. The fraction of sp³-hybridized carbons (Fsp3) is 0.875. The summed E-state index contributed by atoms with van der Waals surface area (Å²) in [4.78, 5) is 1.31. The Morgan fingerprint density at radius 1 is 1.33 bits per heavy atom. The van der Waals surface area contributed by atoms with Crippen LogP contribution in [0, 0.1) is 5.92 Å². The monoisotopic (exact) mass is 142 g/mol. The third-order valence-electron chi connectivity index (χ3n) is 2.11. The highest BCUT2D eigenvalue weighted by molar-refractivity contribution is 7.80. The Kier molecular flexibility index (Phi) is 2.65. The predicted octanol–water partition coefficient (Wildman–Crippen LogP) is 2.96. The number of thiocarbonyl (C=S) groups is 1. The Hall–Kier alpha value is 0.0900. The van der Waals surface area contributed by atoms with E-state index in [0.29, 0.717) is 0 Å². The maximum absolute atomic E-state index is 5.22. The van der Waals surface area contributed by atoms with E-state index in [1.807, 2.05) is 0 Å². The quantitative estimate of drug-likeness (QED) is 0.370. The fourth-order valence-electron chi connectivity index (χ4n) is 1.33. The largest absolute Gasteiger partial charge is 0.0894 e. The molecule has 0 spiro atoms. The molecular formula is C8H14S. The van der Waals surface area contributed by atoms with Crippen molar-refractivity contribution in [1.29, 1.82) is 0 Å². The molecule has 0 N–H and O–H groups in total. The minimum atomic E-state index is 0.725. The highest BCUT2D eigenvalue weighted by Gasteiger charge is 2.11. The van der Waals surface area contributed by atoms with Gasteiger partial charge in [-0.05, 0) is 30.0 Å². The summed E-state index contributed by atoms with van der Waals surface area (Å²) in [6, 6.07) is 0. The van der Waals surface area contributed by atoms with Gasteiger partial charge in [-0.25, -0.2) is 0 Å². The van der Waals surface area contributed by atoms with E-state index in [1.165, 1.54) is 37.0 Å². The maximum Gasteiger partial charge on any atom is -0.00433 e. The molecule has 52 valence electrons. The second-order valence-corrected chi connectivity index (χ2v) is 3.49. The second kappa shape index (κ2) is 3.31. The zero-order valence-electron chi connectivity index (χ0n) is 6.02. The molecule has 0 heterocycles. The molecule has 0 saturated heterocycles. The zero-order valence-corrected chi connectivity index (χ0v) is 6.84. The summed E-state index contributed by atoms with van der Waals surface area (Å²) in [5, 5.41) is 0. The summed E-state index contributed by atoms with van der Waals surface area (Å²) in [6.07, 6.45) is 6.66. The van der Waals surface area contributed by atoms with E-state index in [-0.39, 0.29) is 0 Å². The normalized spacial score (nSPS) is 29.9. The van der Waals surface area contributed by atoms with Gasteiger partial charge in [-0.3, -0.25) is 0 Å². The number of hydrogen-bond acceptors (Lipinski definition) is 1. The topological polar surface area (TPSA) is 0 Å². The van der Waals surface area contributed by atoms with E-state index in [4.69, 9.17) is 12.2 Å². The lowest BCUT2D eigenvalue weighted by Gasteiger charge is -2.05. The summed E-state index contributed by atoms with van der Waals surface area (Å²) in [5.74, 6) is 0.725. The van der Waals surface area contributed by atoms with E-state index in [1.54, 1.807) is 0 Å². The summed E-state index contributed by atoms with van der Waals surface area (Å²) in [5.41, 5.74) is 0. The summed E-state index contributed by atoms with van der Waals surface area (Å²) >= 11 is 5.22. The second-order valence-electron chi connectivity index (χ2n) is 2.97. The first-order valence-electron chi connectivity index (χ1n) is 3.83. The Balaban J connectivity index is 2.41. The van der Waals surface area contributed by atoms with Crippen LogP contribution in [0.3, 0.4) is 0 Å². The molecule has 0 aromatic heterocycles. The fourth-order valence-corrected chi connectivity index (χ4v) is 1.60. The summed E-state index contributed by atoms with van der Waals surface area (Å²) in [6.45, 7) is 2.26. The first-order valence-corrected chi connectivity index (χ1v) is 4.24. The van der Waals surface area contributed by atoms with Crippen molar-refractivity contribution < 1.29 is 0 Å². The van der Waals surface area contributed by atoms with Crippen LogP contribution in [-0.2, 0) is 0 Å². The van der Waals surface area contributed by atoms with Crippen molar-refractivity contribution in [3.8, 4) is 0 Å². The third kappa shape index (κ3) is 2.05. The minimum absolute atomic E-state index is 0.725. The van der Waals surface area contributed by atoms with Crippen molar-refractivity contribution in [2.24, 2.45) is 5.92 Å². The lowest BCUT2D eigenvalue weighted by atomic mass is 10.0. The van der Waals surface area contributed by atoms with E-state index >= 15 is 0 Å². The Bertz CT molecular complexity index is 107. The number of hydrogen-bond donors (Lipinski definition) is 0. The molecule has 0 aliphatic heterocycles. The van der Waals surface area contributed by atoms with E-state index in [0.717, 1.165) is 5.92 Å². The van der Waals surface area contributed by atoms with Crippen LogP contribution < -0.4 is 0 Å². The lowest BCUT2D eigenvalue weighted by molar-refractivity contribution is 0.630. The van der Waals surface area contributed by atoms with Crippen LogP contribution in [0.25, 0.3) is 0 Å². The van der Waals surface area contributed by atoms with Gasteiger partial charge in [0.15, 0.2) is 0 Å². The molecule has 0 nitrogen and oxygen atoms in total. The van der Waals surface area contributed by atoms with Gasteiger partial charge in [0, 0.05) is 0 Å². The molecule has 1 fully saturated rings. The molecule has 1 unspecified atom stereocenters. The Labute approximate surface area is 62.6 Å². The summed E-state index contributed by atoms with van der Waals surface area (Å²) < 4.78 is 0. The van der Waals surface area contributed by atoms with Gasteiger partial charge in [-0.15, -0.1) is 0 Å². The highest BCUT2D eigenvalue weighted by Crippen LogP contribution is 2.20. The molecule has 1 heteroatoms. The average molecular weight is 142 g/mol. The van der Waals surface area contributed by atoms with Gasteiger partial charge >= 0.3 is 0 Å². The molecule has 1 aliphatic carbocycles. The van der Waals surface area contributed by atoms with Crippen molar-refractivity contribution in [3.63, 3.8) is 0 Å². The zero-order chi connectivity index (χ0) is 6.69. The lowest BCUT2D eigenvalue weighted by Crippen LogP contribution is -2.04. The van der Waals surface area contributed by atoms with Crippen molar-refractivity contribution >= 4 is 17.1 Å². The molecule has 0 amide bonds. The van der Waals surface area contributed by atoms with Crippen LogP contribution in [0.4, 0.5) is 0 Å². The molecule has 0 radical (unpaired) electrons. The Morgan fingerprint density at radius 2 is 2.11 bits per heavy atom. The molecular weight excluding hydrogens is 128 g/mol. The Morgan fingerprint density at radius 3 is 2.89 bits per heavy atom. The molecule has 0 aromatic carbocycles. The van der Waals surface area contributed by atoms with Crippen molar-refractivity contribution in [2.45, 2.75) is 39.0 Å².